The molecule has 0 saturated carbocycles. The summed E-state index contributed by atoms with van der Waals surface area (Å²) in [7, 11) is 0. The topological polar surface area (TPSA) is 60.2 Å². The molecule has 1 aromatic rings. The van der Waals surface area contributed by atoms with E-state index in [4.69, 9.17) is 0 Å². The van der Waals surface area contributed by atoms with Gasteiger partial charge in [-0.3, -0.25) is 14.9 Å². The first-order valence-corrected chi connectivity index (χ1v) is 6.84. The van der Waals surface area contributed by atoms with Gasteiger partial charge in [0.15, 0.2) is 5.78 Å². The quantitative estimate of drug-likeness (QED) is 0.257. The largest absolute Gasteiger partial charge is 0.294 e. The van der Waals surface area contributed by atoms with Crippen molar-refractivity contribution in [2.45, 2.75) is 46.0 Å². The fourth-order valence-electron chi connectivity index (χ4n) is 1.86. The minimum Gasteiger partial charge on any atom is -0.294 e. The molecule has 4 nitrogen and oxygen atoms in total. The van der Waals surface area contributed by atoms with E-state index >= 15 is 0 Å². The molecule has 0 amide bonds. The van der Waals surface area contributed by atoms with Crippen molar-refractivity contribution < 1.29 is 9.72 Å². The molecule has 0 fully saturated rings. The summed E-state index contributed by atoms with van der Waals surface area (Å²) >= 11 is 0. The highest BCUT2D eigenvalue weighted by atomic mass is 16.6. The van der Waals surface area contributed by atoms with Crippen molar-refractivity contribution >= 4 is 11.5 Å². The molecule has 0 aliphatic rings. The fraction of sp³-hybridized carbons (Fsp3) is 0.438. The van der Waals surface area contributed by atoms with Gasteiger partial charge in [-0.15, -0.1) is 0 Å². The molecule has 0 heterocycles. The molecule has 20 heavy (non-hydrogen) atoms. The van der Waals surface area contributed by atoms with Crippen molar-refractivity contribution in [3.05, 3.63) is 39.4 Å². The van der Waals surface area contributed by atoms with Gasteiger partial charge in [0.1, 0.15) is 0 Å². The average molecular weight is 273 g/mol. The SMILES string of the molecule is CCCCCCC#Cc1ccc([N+](=O)[O-])c(C(C)=O)c1. The first-order valence-electron chi connectivity index (χ1n) is 6.84. The third kappa shape index (κ3) is 4.85. The van der Waals surface area contributed by atoms with Crippen molar-refractivity contribution in [2.75, 3.05) is 0 Å². The number of carbonyl (C=O) groups excluding carboxylic acids is 1. The molecule has 106 valence electrons. The smallest absolute Gasteiger partial charge is 0.280 e. The molecule has 0 aliphatic heterocycles. The molecule has 1 aromatic carbocycles. The first-order chi connectivity index (χ1) is 9.56. The molecule has 0 saturated heterocycles. The molecule has 4 heteroatoms. The summed E-state index contributed by atoms with van der Waals surface area (Å²) in [5.74, 6) is 5.69. The van der Waals surface area contributed by atoms with E-state index in [9.17, 15) is 14.9 Å². The predicted octanol–water partition coefficient (Wildman–Crippen LogP) is 4.12. The third-order valence-corrected chi connectivity index (χ3v) is 2.96. The second-order valence-electron chi connectivity index (χ2n) is 4.66. The van der Waals surface area contributed by atoms with Crippen molar-refractivity contribution in [1.82, 2.24) is 0 Å². The van der Waals surface area contributed by atoms with Crippen molar-refractivity contribution in [1.29, 1.82) is 0 Å². The van der Waals surface area contributed by atoms with Crippen LogP contribution in [0.2, 0.25) is 0 Å². The standard InChI is InChI=1S/C16H19NO3/c1-3-4-5-6-7-8-9-14-10-11-16(17(19)20)15(12-14)13(2)18/h10-12H,3-7H2,1-2H3. The summed E-state index contributed by atoms with van der Waals surface area (Å²) in [4.78, 5) is 21.7. The highest BCUT2D eigenvalue weighted by Gasteiger charge is 2.16. The lowest BCUT2D eigenvalue weighted by Crippen LogP contribution is -2.00. The fourth-order valence-corrected chi connectivity index (χ4v) is 1.86. The maximum atomic E-state index is 11.4. The van der Waals surface area contributed by atoms with Gasteiger partial charge in [-0.1, -0.05) is 38.0 Å². The number of hydrogen-bond donors (Lipinski definition) is 0. The van der Waals surface area contributed by atoms with E-state index in [0.717, 1.165) is 12.8 Å². The summed E-state index contributed by atoms with van der Waals surface area (Å²) in [5.41, 5.74) is 0.607. The summed E-state index contributed by atoms with van der Waals surface area (Å²) in [6.45, 7) is 3.48. The number of Topliss-reactive ketones (excluding diaryl/α,β-unsaturated/α-hetero) is 1. The highest BCUT2D eigenvalue weighted by molar-refractivity contribution is 5.98. The number of hydrogen-bond acceptors (Lipinski definition) is 3. The number of benzene rings is 1. The van der Waals surface area contributed by atoms with Crippen LogP contribution in [0.5, 0.6) is 0 Å². The molecule has 0 bridgehead atoms. The van der Waals surface area contributed by atoms with Crippen LogP contribution in [-0.2, 0) is 0 Å². The van der Waals surface area contributed by atoms with Crippen molar-refractivity contribution in [3.8, 4) is 11.8 Å². The molecule has 0 spiro atoms. The number of nitro groups is 1. The molecule has 0 radical (unpaired) electrons. The molecule has 0 N–H and O–H groups in total. The van der Waals surface area contributed by atoms with Gasteiger partial charge in [0.25, 0.3) is 5.69 Å². The molecule has 0 aliphatic carbocycles. The van der Waals surface area contributed by atoms with Gasteiger partial charge in [0.2, 0.25) is 0 Å². The zero-order valence-corrected chi connectivity index (χ0v) is 11.9. The first kappa shape index (κ1) is 15.9. The van der Waals surface area contributed by atoms with E-state index in [1.54, 1.807) is 6.07 Å². The van der Waals surface area contributed by atoms with Gasteiger partial charge in [0.05, 0.1) is 10.5 Å². The van der Waals surface area contributed by atoms with E-state index < -0.39 is 4.92 Å². The minimum atomic E-state index is -0.543. The Bertz CT molecular complexity index is 553. The zero-order valence-electron chi connectivity index (χ0n) is 11.9. The molecular weight excluding hydrogens is 254 g/mol. The summed E-state index contributed by atoms with van der Waals surface area (Å²) < 4.78 is 0. The Balaban J connectivity index is 2.78. The number of nitro benzene ring substituents is 1. The lowest BCUT2D eigenvalue weighted by atomic mass is 10.1. The number of ketones is 1. The van der Waals surface area contributed by atoms with Crippen molar-refractivity contribution in [3.63, 3.8) is 0 Å². The summed E-state index contributed by atoms with van der Waals surface area (Å²) in [5, 5.41) is 10.8. The van der Waals surface area contributed by atoms with E-state index in [2.05, 4.69) is 18.8 Å². The van der Waals surface area contributed by atoms with Crippen LogP contribution in [0.4, 0.5) is 5.69 Å². The lowest BCUT2D eigenvalue weighted by Gasteiger charge is -1.99. The molecular formula is C16H19NO3. The van der Waals surface area contributed by atoms with Gasteiger partial charge >= 0.3 is 0 Å². The Morgan fingerprint density at radius 2 is 2.05 bits per heavy atom. The summed E-state index contributed by atoms with van der Waals surface area (Å²) in [6, 6.07) is 4.43. The van der Waals surface area contributed by atoms with Crippen LogP contribution < -0.4 is 0 Å². The highest BCUT2D eigenvalue weighted by Crippen LogP contribution is 2.20. The average Bonchev–Trinajstić information content (AvgIpc) is 2.42. The second-order valence-corrected chi connectivity index (χ2v) is 4.66. The zero-order chi connectivity index (χ0) is 15.0. The Morgan fingerprint density at radius 1 is 1.30 bits per heavy atom. The van der Waals surface area contributed by atoms with Gasteiger partial charge in [-0.25, -0.2) is 0 Å². The number of rotatable bonds is 6. The van der Waals surface area contributed by atoms with Crippen LogP contribution in [0.3, 0.4) is 0 Å². The van der Waals surface area contributed by atoms with Gasteiger partial charge in [0, 0.05) is 18.1 Å². The van der Waals surface area contributed by atoms with E-state index in [1.807, 2.05) is 0 Å². The van der Waals surface area contributed by atoms with Crippen LogP contribution >= 0.6 is 0 Å². The monoisotopic (exact) mass is 273 g/mol. The van der Waals surface area contributed by atoms with E-state index in [0.29, 0.717) is 5.56 Å². The number of carbonyl (C=O) groups is 1. The Labute approximate surface area is 119 Å². The Kier molecular flexibility index (Phi) is 6.45. The maximum Gasteiger partial charge on any atom is 0.280 e. The molecule has 0 atom stereocenters. The van der Waals surface area contributed by atoms with Crippen LogP contribution in [0.25, 0.3) is 0 Å². The number of unbranched alkanes of at least 4 members (excludes halogenated alkanes) is 4. The van der Waals surface area contributed by atoms with Crippen LogP contribution in [-0.4, -0.2) is 10.7 Å². The van der Waals surface area contributed by atoms with Crippen LogP contribution in [0.15, 0.2) is 18.2 Å². The molecule has 1 rings (SSSR count). The lowest BCUT2D eigenvalue weighted by molar-refractivity contribution is -0.385. The Hall–Kier alpha value is -2.15. The van der Waals surface area contributed by atoms with Crippen LogP contribution in [0.1, 0.15) is 61.9 Å². The Morgan fingerprint density at radius 3 is 2.65 bits per heavy atom. The minimum absolute atomic E-state index is 0.118. The number of nitrogens with zero attached hydrogens (tertiary/aromatic N) is 1. The summed E-state index contributed by atoms with van der Waals surface area (Å²) in [6.07, 6.45) is 5.45. The predicted molar refractivity (Wildman–Crippen MR) is 78.7 cm³/mol. The van der Waals surface area contributed by atoms with Gasteiger partial charge in [-0.05, 0) is 25.5 Å². The van der Waals surface area contributed by atoms with Crippen LogP contribution in [0, 0.1) is 22.0 Å². The molecule has 0 aromatic heterocycles. The van der Waals surface area contributed by atoms with E-state index in [-0.39, 0.29) is 17.0 Å². The normalized spacial score (nSPS) is 9.70. The van der Waals surface area contributed by atoms with Gasteiger partial charge in [-0.2, -0.15) is 0 Å². The van der Waals surface area contributed by atoms with Gasteiger partial charge < -0.3 is 0 Å². The maximum absolute atomic E-state index is 11.4. The third-order valence-electron chi connectivity index (χ3n) is 2.96. The molecule has 0 unspecified atom stereocenters. The van der Waals surface area contributed by atoms with Crippen molar-refractivity contribution in [2.24, 2.45) is 0 Å². The second kappa shape index (κ2) is 8.11. The van der Waals surface area contributed by atoms with E-state index in [1.165, 1.54) is 38.3 Å².